The van der Waals surface area contributed by atoms with E-state index >= 15 is 0 Å². The number of hydrogen-bond donors (Lipinski definition) is 1. The van der Waals surface area contributed by atoms with Gasteiger partial charge in [0.05, 0.1) is 32.0 Å². The molecule has 1 N–H and O–H groups in total. The summed E-state index contributed by atoms with van der Waals surface area (Å²) in [6.45, 7) is 7.36. The smallest absolute Gasteiger partial charge is 0.0900 e. The van der Waals surface area contributed by atoms with Gasteiger partial charge < -0.3 is 14.6 Å². The first-order valence-corrected chi connectivity index (χ1v) is 7.30. The molecule has 0 aromatic heterocycles. The number of aliphatic hydroxyl groups is 1. The van der Waals surface area contributed by atoms with Crippen molar-refractivity contribution in [2.75, 3.05) is 26.3 Å². The highest BCUT2D eigenvalue weighted by molar-refractivity contribution is 5.13. The summed E-state index contributed by atoms with van der Waals surface area (Å²) in [4.78, 5) is 2.27. The average molecular weight is 279 g/mol. The van der Waals surface area contributed by atoms with Gasteiger partial charge in [-0.1, -0.05) is 30.3 Å². The largest absolute Gasteiger partial charge is 0.389 e. The topological polar surface area (TPSA) is 41.9 Å². The molecule has 0 unspecified atom stereocenters. The molecule has 0 saturated carbocycles. The number of β-amino-alcohol motifs (C(OH)–C–C–N with tert-alkyl or cyclic N) is 1. The molecule has 3 atom stereocenters. The third kappa shape index (κ3) is 4.87. The van der Waals surface area contributed by atoms with Gasteiger partial charge in [-0.05, 0) is 19.4 Å². The molecule has 0 aliphatic carbocycles. The summed E-state index contributed by atoms with van der Waals surface area (Å²) >= 11 is 0. The van der Waals surface area contributed by atoms with Crippen LogP contribution in [0.1, 0.15) is 19.4 Å². The van der Waals surface area contributed by atoms with E-state index in [1.54, 1.807) is 0 Å². The fraction of sp³-hybridized carbons (Fsp3) is 0.625. The van der Waals surface area contributed by atoms with Crippen LogP contribution in [0.25, 0.3) is 0 Å². The van der Waals surface area contributed by atoms with Crippen molar-refractivity contribution < 1.29 is 14.6 Å². The second-order valence-electron chi connectivity index (χ2n) is 5.60. The Hall–Kier alpha value is -0.940. The standard InChI is InChI=1S/C16H25NO3/c1-13-10-20-14(2)8-17(13)9-16(18)12-19-11-15-6-4-3-5-7-15/h3-7,13-14,16,18H,8-12H2,1-2H3/t13-,14+,16+/m0/s1. The minimum atomic E-state index is -0.452. The quantitative estimate of drug-likeness (QED) is 0.860. The maximum atomic E-state index is 10.1. The number of nitrogens with zero attached hydrogens (tertiary/aromatic N) is 1. The van der Waals surface area contributed by atoms with Crippen LogP contribution in [0.15, 0.2) is 30.3 Å². The van der Waals surface area contributed by atoms with Crippen LogP contribution < -0.4 is 0 Å². The van der Waals surface area contributed by atoms with Crippen LogP contribution in [-0.2, 0) is 16.1 Å². The summed E-state index contributed by atoms with van der Waals surface area (Å²) in [6.07, 6.45) is -0.213. The highest BCUT2D eigenvalue weighted by atomic mass is 16.5. The van der Waals surface area contributed by atoms with Gasteiger partial charge >= 0.3 is 0 Å². The van der Waals surface area contributed by atoms with Crippen LogP contribution in [0, 0.1) is 0 Å². The summed E-state index contributed by atoms with van der Waals surface area (Å²) in [5.74, 6) is 0. The zero-order chi connectivity index (χ0) is 14.4. The van der Waals surface area contributed by atoms with Crippen LogP contribution in [0.2, 0.25) is 0 Å². The van der Waals surface area contributed by atoms with E-state index in [0.717, 1.165) is 18.7 Å². The molecule has 0 amide bonds. The van der Waals surface area contributed by atoms with Crippen LogP contribution in [0.3, 0.4) is 0 Å². The monoisotopic (exact) mass is 279 g/mol. The van der Waals surface area contributed by atoms with Gasteiger partial charge in [-0.2, -0.15) is 0 Å². The van der Waals surface area contributed by atoms with Crippen molar-refractivity contribution in [3.63, 3.8) is 0 Å². The third-order valence-corrected chi connectivity index (χ3v) is 3.60. The molecular weight excluding hydrogens is 254 g/mol. The Morgan fingerprint density at radius 1 is 1.35 bits per heavy atom. The van der Waals surface area contributed by atoms with Crippen molar-refractivity contribution in [3.8, 4) is 0 Å². The number of rotatable bonds is 6. The third-order valence-electron chi connectivity index (χ3n) is 3.60. The van der Waals surface area contributed by atoms with E-state index < -0.39 is 6.10 Å². The van der Waals surface area contributed by atoms with E-state index in [1.165, 1.54) is 0 Å². The van der Waals surface area contributed by atoms with E-state index in [1.807, 2.05) is 30.3 Å². The predicted octanol–water partition coefficient (Wildman–Crippen LogP) is 1.67. The van der Waals surface area contributed by atoms with E-state index in [2.05, 4.69) is 18.7 Å². The lowest BCUT2D eigenvalue weighted by Gasteiger charge is -2.37. The lowest BCUT2D eigenvalue weighted by atomic mass is 10.2. The lowest BCUT2D eigenvalue weighted by Crippen LogP contribution is -2.50. The zero-order valence-electron chi connectivity index (χ0n) is 12.4. The molecule has 0 spiro atoms. The normalized spacial score (nSPS) is 25.6. The lowest BCUT2D eigenvalue weighted by molar-refractivity contribution is -0.0712. The Morgan fingerprint density at radius 2 is 2.10 bits per heavy atom. The van der Waals surface area contributed by atoms with E-state index in [4.69, 9.17) is 9.47 Å². The van der Waals surface area contributed by atoms with Gasteiger partial charge in [0, 0.05) is 19.1 Å². The van der Waals surface area contributed by atoms with E-state index in [-0.39, 0.29) is 6.10 Å². The first kappa shape index (κ1) is 15.4. The predicted molar refractivity (Wildman–Crippen MR) is 78.6 cm³/mol. The summed E-state index contributed by atoms with van der Waals surface area (Å²) < 4.78 is 11.2. The molecule has 1 saturated heterocycles. The van der Waals surface area contributed by atoms with Gasteiger partial charge in [0.1, 0.15) is 0 Å². The molecule has 0 bridgehead atoms. The van der Waals surface area contributed by atoms with Crippen molar-refractivity contribution in [2.24, 2.45) is 0 Å². The van der Waals surface area contributed by atoms with E-state index in [9.17, 15) is 5.11 Å². The van der Waals surface area contributed by atoms with Crippen LogP contribution in [-0.4, -0.2) is 54.6 Å². The van der Waals surface area contributed by atoms with Crippen LogP contribution in [0.4, 0.5) is 0 Å². The molecule has 4 nitrogen and oxygen atoms in total. The molecule has 2 rings (SSSR count). The second-order valence-corrected chi connectivity index (χ2v) is 5.60. The molecule has 4 heteroatoms. The molecule has 0 radical (unpaired) electrons. The van der Waals surface area contributed by atoms with Crippen LogP contribution in [0.5, 0.6) is 0 Å². The van der Waals surface area contributed by atoms with Gasteiger partial charge in [-0.3, -0.25) is 4.90 Å². The van der Waals surface area contributed by atoms with Gasteiger partial charge in [-0.15, -0.1) is 0 Å². The molecule has 1 aliphatic rings. The Labute approximate surface area is 121 Å². The molecule has 1 aliphatic heterocycles. The van der Waals surface area contributed by atoms with Crippen LogP contribution >= 0.6 is 0 Å². The minimum Gasteiger partial charge on any atom is -0.389 e. The van der Waals surface area contributed by atoms with Gasteiger partial charge in [-0.25, -0.2) is 0 Å². The highest BCUT2D eigenvalue weighted by Crippen LogP contribution is 2.12. The number of aliphatic hydroxyl groups excluding tert-OH is 1. The number of hydrogen-bond acceptors (Lipinski definition) is 4. The minimum absolute atomic E-state index is 0.239. The fourth-order valence-electron chi connectivity index (χ4n) is 2.44. The molecule has 112 valence electrons. The fourth-order valence-corrected chi connectivity index (χ4v) is 2.44. The van der Waals surface area contributed by atoms with Gasteiger partial charge in [0.15, 0.2) is 0 Å². The molecule has 20 heavy (non-hydrogen) atoms. The maximum Gasteiger partial charge on any atom is 0.0900 e. The Morgan fingerprint density at radius 3 is 2.85 bits per heavy atom. The molecule has 1 fully saturated rings. The Bertz CT molecular complexity index is 385. The molecule has 1 aromatic rings. The number of benzene rings is 1. The molecule has 1 aromatic carbocycles. The van der Waals surface area contributed by atoms with Crippen molar-refractivity contribution in [1.29, 1.82) is 0 Å². The van der Waals surface area contributed by atoms with Crippen molar-refractivity contribution in [3.05, 3.63) is 35.9 Å². The first-order chi connectivity index (χ1) is 9.65. The SMILES string of the molecule is C[C@@H]1CN(C[C@@H](O)COCc2ccccc2)[C@@H](C)CO1. The molecule has 1 heterocycles. The van der Waals surface area contributed by atoms with E-state index in [0.29, 0.717) is 25.8 Å². The summed E-state index contributed by atoms with van der Waals surface area (Å²) in [5.41, 5.74) is 1.13. The summed E-state index contributed by atoms with van der Waals surface area (Å²) in [5, 5.41) is 10.1. The zero-order valence-corrected chi connectivity index (χ0v) is 12.4. The molecular formula is C16H25NO3. The van der Waals surface area contributed by atoms with Gasteiger partial charge in [0.25, 0.3) is 0 Å². The number of morpholine rings is 1. The summed E-state index contributed by atoms with van der Waals surface area (Å²) in [7, 11) is 0. The Balaban J connectivity index is 1.68. The summed E-state index contributed by atoms with van der Waals surface area (Å²) in [6, 6.07) is 10.4. The first-order valence-electron chi connectivity index (χ1n) is 7.30. The highest BCUT2D eigenvalue weighted by Gasteiger charge is 2.25. The van der Waals surface area contributed by atoms with Crippen molar-refractivity contribution >= 4 is 0 Å². The van der Waals surface area contributed by atoms with Crippen molar-refractivity contribution in [2.45, 2.75) is 38.7 Å². The number of ether oxygens (including phenoxy) is 2. The second kappa shape index (κ2) is 7.74. The Kier molecular flexibility index (Phi) is 5.98. The van der Waals surface area contributed by atoms with Crippen molar-refractivity contribution in [1.82, 2.24) is 4.90 Å². The average Bonchev–Trinajstić information content (AvgIpc) is 2.44. The van der Waals surface area contributed by atoms with Gasteiger partial charge in [0.2, 0.25) is 0 Å². The maximum absolute atomic E-state index is 10.1.